The second-order valence-corrected chi connectivity index (χ2v) is 9.37. The van der Waals surface area contributed by atoms with Gasteiger partial charge in [0, 0.05) is 16.6 Å². The molecule has 2 aromatic carbocycles. The zero-order valence-corrected chi connectivity index (χ0v) is 20.0. The number of nitrogens with one attached hydrogen (secondary N) is 1. The molecule has 1 saturated heterocycles. The van der Waals surface area contributed by atoms with Crippen LogP contribution in [0.15, 0.2) is 66.0 Å². The lowest BCUT2D eigenvalue weighted by atomic mass is 9.87. The van der Waals surface area contributed by atoms with Gasteiger partial charge in [-0.3, -0.25) is 14.5 Å². The number of thiophene rings is 1. The van der Waals surface area contributed by atoms with Gasteiger partial charge in [0.1, 0.15) is 25.3 Å². The molecule has 0 spiro atoms. The summed E-state index contributed by atoms with van der Waals surface area (Å²) in [7, 11) is 0. The van der Waals surface area contributed by atoms with Crippen LogP contribution in [0.25, 0.3) is 0 Å². The Morgan fingerprint density at radius 2 is 1.83 bits per heavy atom. The number of hydrogen-bond donors (Lipinski definition) is 1. The summed E-state index contributed by atoms with van der Waals surface area (Å²) in [4.78, 5) is 43.6. The molecule has 1 atom stereocenters. The molecule has 2 aliphatic rings. The number of fused-ring (bicyclic) bond motifs is 1. The van der Waals surface area contributed by atoms with Crippen LogP contribution < -0.4 is 19.7 Å². The van der Waals surface area contributed by atoms with Crippen LogP contribution in [0.4, 0.5) is 10.5 Å². The second-order valence-electron chi connectivity index (χ2n) is 8.33. The minimum absolute atomic E-state index is 0.303. The van der Waals surface area contributed by atoms with Crippen molar-refractivity contribution in [3.05, 3.63) is 76.5 Å². The molecule has 35 heavy (non-hydrogen) atoms. The van der Waals surface area contributed by atoms with E-state index < -0.39 is 17.5 Å². The van der Waals surface area contributed by atoms with Gasteiger partial charge in [0.05, 0.1) is 6.54 Å². The Labute approximate surface area is 207 Å². The summed E-state index contributed by atoms with van der Waals surface area (Å²) in [6.07, 6.45) is 0.368. The van der Waals surface area contributed by atoms with E-state index in [0.29, 0.717) is 48.9 Å². The number of nitrogens with zero attached hydrogens (tertiary/aromatic N) is 2. The first-order chi connectivity index (χ1) is 17.0. The van der Waals surface area contributed by atoms with Crippen LogP contribution in [0.2, 0.25) is 0 Å². The quantitative estimate of drug-likeness (QED) is 0.507. The van der Waals surface area contributed by atoms with Crippen molar-refractivity contribution in [2.24, 2.45) is 0 Å². The van der Waals surface area contributed by atoms with Gasteiger partial charge >= 0.3 is 6.03 Å². The Hall–Kier alpha value is -3.85. The lowest BCUT2D eigenvalue weighted by Gasteiger charge is -2.27. The van der Waals surface area contributed by atoms with Crippen LogP contribution in [0, 0.1) is 0 Å². The number of benzene rings is 2. The van der Waals surface area contributed by atoms with Gasteiger partial charge in [0.15, 0.2) is 11.5 Å². The average molecular weight is 492 g/mol. The maximum absolute atomic E-state index is 13.6. The van der Waals surface area contributed by atoms with Crippen molar-refractivity contribution < 1.29 is 23.9 Å². The number of anilines is 1. The fourth-order valence-electron chi connectivity index (χ4n) is 4.43. The van der Waals surface area contributed by atoms with Gasteiger partial charge in [-0.15, -0.1) is 11.3 Å². The van der Waals surface area contributed by atoms with Crippen molar-refractivity contribution in [3.8, 4) is 11.5 Å². The Morgan fingerprint density at radius 3 is 2.54 bits per heavy atom. The van der Waals surface area contributed by atoms with Crippen molar-refractivity contribution in [2.45, 2.75) is 25.4 Å². The Morgan fingerprint density at radius 1 is 1.06 bits per heavy atom. The molecule has 0 unspecified atom stereocenters. The Bertz CT molecular complexity index is 1250. The number of ether oxygens (including phenoxy) is 2. The van der Waals surface area contributed by atoms with Gasteiger partial charge in [0.25, 0.3) is 5.91 Å². The molecule has 1 aromatic heterocycles. The van der Waals surface area contributed by atoms with Crippen LogP contribution in [0.3, 0.4) is 0 Å². The average Bonchev–Trinajstić information content (AvgIpc) is 3.50. The van der Waals surface area contributed by atoms with Crippen molar-refractivity contribution in [3.63, 3.8) is 0 Å². The van der Waals surface area contributed by atoms with Crippen LogP contribution >= 0.6 is 11.3 Å². The van der Waals surface area contributed by atoms with E-state index in [1.807, 2.05) is 54.8 Å². The van der Waals surface area contributed by atoms with E-state index in [-0.39, 0.29) is 12.5 Å². The molecule has 8 nitrogen and oxygen atoms in total. The predicted octanol–water partition coefficient (Wildman–Crippen LogP) is 3.91. The summed E-state index contributed by atoms with van der Waals surface area (Å²) < 4.78 is 11.3. The number of rotatable bonds is 7. The molecule has 3 heterocycles. The standard InChI is InChI=1S/C26H25N3O5S/c1-2-26(18-7-4-3-5-8-18)24(31)29(25(32)27-26)17-23(30)28(16-20-9-6-14-35-20)19-10-11-21-22(15-19)34-13-12-33-21/h3-11,14-15H,2,12-13,16-17H2,1H3,(H,27,32)/t26-/m0/s1. The van der Waals surface area contributed by atoms with E-state index in [4.69, 9.17) is 9.47 Å². The summed E-state index contributed by atoms with van der Waals surface area (Å²) in [5, 5.41) is 4.78. The molecular formula is C26H25N3O5S. The normalized spacial score (nSPS) is 18.9. The molecule has 0 saturated carbocycles. The first-order valence-corrected chi connectivity index (χ1v) is 12.3. The zero-order chi connectivity index (χ0) is 24.4. The third kappa shape index (κ3) is 4.23. The maximum atomic E-state index is 13.6. The fourth-order valence-corrected chi connectivity index (χ4v) is 5.13. The van der Waals surface area contributed by atoms with Gasteiger partial charge in [0.2, 0.25) is 5.91 Å². The molecule has 0 radical (unpaired) electrons. The fraction of sp³-hybridized carbons (Fsp3) is 0.269. The van der Waals surface area contributed by atoms with E-state index in [1.54, 1.807) is 23.1 Å². The minimum Gasteiger partial charge on any atom is -0.486 e. The molecule has 180 valence electrons. The SMILES string of the molecule is CC[C@@]1(c2ccccc2)NC(=O)N(CC(=O)N(Cc2cccs2)c2ccc3c(c2)OCCO3)C1=O. The van der Waals surface area contributed by atoms with Crippen LogP contribution in [0.5, 0.6) is 11.5 Å². The first kappa shape index (κ1) is 22.9. The van der Waals surface area contributed by atoms with Crippen molar-refractivity contribution in [1.29, 1.82) is 0 Å². The third-order valence-corrected chi connectivity index (χ3v) is 7.16. The summed E-state index contributed by atoms with van der Waals surface area (Å²) in [6.45, 7) is 2.67. The van der Waals surface area contributed by atoms with E-state index in [2.05, 4.69) is 5.32 Å². The minimum atomic E-state index is -1.19. The highest BCUT2D eigenvalue weighted by atomic mass is 32.1. The maximum Gasteiger partial charge on any atom is 0.325 e. The van der Waals surface area contributed by atoms with Crippen molar-refractivity contribution in [2.75, 3.05) is 24.7 Å². The Kier molecular flexibility index (Phi) is 6.17. The molecular weight excluding hydrogens is 466 g/mol. The molecule has 5 rings (SSSR count). The van der Waals surface area contributed by atoms with Crippen molar-refractivity contribution in [1.82, 2.24) is 10.2 Å². The summed E-state index contributed by atoms with van der Waals surface area (Å²) in [5.41, 5.74) is 0.108. The number of imide groups is 1. The lowest BCUT2D eigenvalue weighted by Crippen LogP contribution is -2.45. The highest BCUT2D eigenvalue weighted by Crippen LogP contribution is 2.36. The van der Waals surface area contributed by atoms with Gasteiger partial charge < -0.3 is 19.7 Å². The third-order valence-electron chi connectivity index (χ3n) is 6.30. The second kappa shape index (κ2) is 9.42. The highest BCUT2D eigenvalue weighted by Gasteiger charge is 2.51. The zero-order valence-electron chi connectivity index (χ0n) is 19.2. The largest absolute Gasteiger partial charge is 0.486 e. The lowest BCUT2D eigenvalue weighted by molar-refractivity contribution is -0.134. The molecule has 2 aliphatic heterocycles. The van der Waals surface area contributed by atoms with Crippen LogP contribution in [-0.2, 0) is 21.7 Å². The number of amides is 4. The number of urea groups is 1. The van der Waals surface area contributed by atoms with E-state index >= 15 is 0 Å². The molecule has 3 aromatic rings. The highest BCUT2D eigenvalue weighted by molar-refractivity contribution is 7.09. The number of carbonyl (C=O) groups excluding carboxylic acids is 3. The summed E-state index contributed by atoms with van der Waals surface area (Å²) >= 11 is 1.53. The van der Waals surface area contributed by atoms with Crippen LogP contribution in [-0.4, -0.2) is 42.5 Å². The predicted molar refractivity (Wildman–Crippen MR) is 132 cm³/mol. The monoisotopic (exact) mass is 491 g/mol. The van der Waals surface area contributed by atoms with E-state index in [0.717, 1.165) is 9.78 Å². The smallest absolute Gasteiger partial charge is 0.325 e. The molecule has 4 amide bonds. The number of carbonyl (C=O) groups is 3. The first-order valence-electron chi connectivity index (χ1n) is 11.4. The summed E-state index contributed by atoms with van der Waals surface area (Å²) in [5.74, 6) is 0.372. The molecule has 1 fully saturated rings. The van der Waals surface area contributed by atoms with E-state index in [1.165, 1.54) is 11.3 Å². The Balaban J connectivity index is 1.43. The topological polar surface area (TPSA) is 88.2 Å². The van der Waals surface area contributed by atoms with Gasteiger partial charge in [-0.25, -0.2) is 4.79 Å². The molecule has 0 aliphatic carbocycles. The van der Waals surface area contributed by atoms with E-state index in [9.17, 15) is 14.4 Å². The molecule has 1 N–H and O–H groups in total. The molecule has 0 bridgehead atoms. The van der Waals surface area contributed by atoms with Crippen LogP contribution in [0.1, 0.15) is 23.8 Å². The number of hydrogen-bond acceptors (Lipinski definition) is 6. The van der Waals surface area contributed by atoms with Gasteiger partial charge in [-0.1, -0.05) is 43.3 Å². The van der Waals surface area contributed by atoms with Gasteiger partial charge in [-0.05, 0) is 35.6 Å². The van der Waals surface area contributed by atoms with Gasteiger partial charge in [-0.2, -0.15) is 0 Å². The summed E-state index contributed by atoms with van der Waals surface area (Å²) in [6, 6.07) is 17.7. The molecule has 9 heteroatoms. The van der Waals surface area contributed by atoms with Crippen molar-refractivity contribution >= 4 is 34.9 Å².